The van der Waals surface area contributed by atoms with Gasteiger partial charge >= 0.3 is 17.7 Å². The Morgan fingerprint density at radius 1 is 1.08 bits per heavy atom. The van der Waals surface area contributed by atoms with Gasteiger partial charge < -0.3 is 9.66 Å². The first-order valence-electron chi connectivity index (χ1n) is 6.07. The van der Waals surface area contributed by atoms with E-state index < -0.39 is 38.9 Å². The molecule has 0 aliphatic carbocycles. The molecule has 144 valence electrons. The molecule has 0 amide bonds. The van der Waals surface area contributed by atoms with Gasteiger partial charge in [0, 0.05) is 6.07 Å². The number of carboxylic acid groups (broad SMARTS) is 1. The Morgan fingerprint density at radius 2 is 1.48 bits per heavy atom. The summed E-state index contributed by atoms with van der Waals surface area (Å²) in [6.07, 6.45) is -4.67. The number of quaternary nitrogens is 1. The van der Waals surface area contributed by atoms with E-state index in [9.17, 15) is 31.1 Å². The topological polar surface area (TPSA) is 94.5 Å². The van der Waals surface area contributed by atoms with Crippen LogP contribution in [0.25, 0.3) is 0 Å². The molecule has 0 saturated carbocycles. The highest BCUT2D eigenvalue weighted by Crippen LogP contribution is 2.35. The van der Waals surface area contributed by atoms with Crippen molar-refractivity contribution in [3.63, 3.8) is 0 Å². The first-order chi connectivity index (χ1) is 10.8. The van der Waals surface area contributed by atoms with E-state index in [0.29, 0.717) is 5.69 Å². The molecular formula is C12H13F6NO5S. The van der Waals surface area contributed by atoms with Crippen molar-refractivity contribution in [2.75, 3.05) is 21.1 Å². The first kappa shape index (κ1) is 23.1. The predicted molar refractivity (Wildman–Crippen MR) is 73.7 cm³/mol. The van der Waals surface area contributed by atoms with E-state index in [4.69, 9.17) is 18.1 Å². The number of carboxylic acids is 1. The van der Waals surface area contributed by atoms with Crippen molar-refractivity contribution in [1.29, 1.82) is 0 Å². The van der Waals surface area contributed by atoms with E-state index >= 15 is 0 Å². The Morgan fingerprint density at radius 3 is 1.72 bits per heavy atom. The molecule has 1 N–H and O–H groups in total. The normalized spacial score (nSPS) is 13.0. The molecule has 0 radical (unpaired) electrons. The van der Waals surface area contributed by atoms with Crippen molar-refractivity contribution in [1.82, 2.24) is 4.48 Å². The molecule has 0 heterocycles. The van der Waals surface area contributed by atoms with Crippen LogP contribution in [0.15, 0.2) is 18.2 Å². The molecule has 1 rings (SSSR count). The number of rotatable bonds is 2. The molecule has 0 aliphatic heterocycles. The number of hydrogen-bond acceptors (Lipinski definition) is 4. The van der Waals surface area contributed by atoms with Gasteiger partial charge in [0.1, 0.15) is 5.69 Å². The molecule has 25 heavy (non-hydrogen) atoms. The molecule has 1 aromatic carbocycles. The second-order valence-corrected chi connectivity index (χ2v) is 6.82. The van der Waals surface area contributed by atoms with Gasteiger partial charge in [0.25, 0.3) is 0 Å². The number of carbonyl (C=O) groups is 1. The molecule has 0 aromatic heterocycles. The number of alkyl halides is 6. The highest BCUT2D eigenvalue weighted by atomic mass is 32.2. The Hall–Kier alpha value is -1.86. The molecular weight excluding hydrogens is 384 g/mol. The molecule has 0 aliphatic rings. The van der Waals surface area contributed by atoms with Gasteiger partial charge in [-0.2, -0.15) is 26.3 Å². The van der Waals surface area contributed by atoms with Crippen LogP contribution >= 0.6 is 0 Å². The van der Waals surface area contributed by atoms with Crippen molar-refractivity contribution in [3.8, 4) is 0 Å². The number of hydrogen-bond donors (Lipinski definition) is 1. The average Bonchev–Trinajstić information content (AvgIpc) is 2.34. The van der Waals surface area contributed by atoms with Crippen LogP contribution in [0.2, 0.25) is 0 Å². The smallest absolute Gasteiger partial charge is 0.485 e. The quantitative estimate of drug-likeness (QED) is 0.358. The fourth-order valence-corrected chi connectivity index (χ4v) is 1.37. The number of halogens is 6. The first-order valence-corrected chi connectivity index (χ1v) is 7.48. The lowest BCUT2D eigenvalue weighted by atomic mass is 10.1. The maximum Gasteiger partial charge on any atom is 0.485 e. The highest BCUT2D eigenvalue weighted by molar-refractivity contribution is 7.86. The van der Waals surface area contributed by atoms with E-state index in [1.165, 1.54) is 6.07 Å². The third kappa shape index (κ3) is 6.88. The van der Waals surface area contributed by atoms with Crippen LogP contribution in [0.1, 0.15) is 15.9 Å². The lowest BCUT2D eigenvalue weighted by Gasteiger charge is -2.24. The summed E-state index contributed by atoms with van der Waals surface area (Å²) in [4.78, 5) is 10.7. The lowest BCUT2D eigenvalue weighted by Crippen LogP contribution is -2.35. The SMILES string of the molecule is C[N+](C)(C)c1ccc(C(=O)O)c(C(F)(F)F)c1.O=S(=O)([O-])C(F)(F)F. The zero-order chi connectivity index (χ0) is 20.4. The van der Waals surface area contributed by atoms with Gasteiger partial charge in [-0.3, -0.25) is 4.48 Å². The Labute approximate surface area is 138 Å². The third-order valence-electron chi connectivity index (χ3n) is 2.60. The molecule has 13 heteroatoms. The second-order valence-electron chi connectivity index (χ2n) is 5.45. The summed E-state index contributed by atoms with van der Waals surface area (Å²) in [5.74, 6) is -1.58. The van der Waals surface area contributed by atoms with Crippen molar-refractivity contribution in [3.05, 3.63) is 29.3 Å². The molecule has 0 unspecified atom stereocenters. The lowest BCUT2D eigenvalue weighted by molar-refractivity contribution is -0.138. The zero-order valence-corrected chi connectivity index (χ0v) is 13.8. The fourth-order valence-electron chi connectivity index (χ4n) is 1.37. The summed E-state index contributed by atoms with van der Waals surface area (Å²) in [5, 5.41) is 8.72. The van der Waals surface area contributed by atoms with E-state index in [-0.39, 0.29) is 4.48 Å². The Bertz CT molecular complexity index is 734. The summed E-state index contributed by atoms with van der Waals surface area (Å²) in [5.41, 5.74) is -7.10. The van der Waals surface area contributed by atoms with E-state index in [0.717, 1.165) is 12.1 Å². The summed E-state index contributed by atoms with van der Waals surface area (Å²) in [7, 11) is -0.977. The monoisotopic (exact) mass is 397 g/mol. The van der Waals surface area contributed by atoms with Crippen molar-refractivity contribution < 1.29 is 49.2 Å². The Balaban J connectivity index is 0.000000609. The van der Waals surface area contributed by atoms with Crippen molar-refractivity contribution in [2.24, 2.45) is 0 Å². The molecule has 0 atom stereocenters. The van der Waals surface area contributed by atoms with Crippen molar-refractivity contribution >= 4 is 21.8 Å². The summed E-state index contributed by atoms with van der Waals surface area (Å²) in [6.45, 7) is 0. The Kier molecular flexibility index (Phi) is 6.64. The molecule has 0 spiro atoms. The predicted octanol–water partition coefficient (Wildman–Crippen LogP) is 2.65. The molecule has 1 aromatic rings. The number of aromatic carboxylic acids is 1. The van der Waals surface area contributed by atoms with E-state index in [2.05, 4.69) is 0 Å². The molecule has 6 nitrogen and oxygen atoms in total. The van der Waals surface area contributed by atoms with Crippen molar-refractivity contribution in [2.45, 2.75) is 11.7 Å². The van der Waals surface area contributed by atoms with Crippen LogP contribution in [0.4, 0.5) is 32.0 Å². The maximum atomic E-state index is 12.7. The third-order valence-corrected chi connectivity index (χ3v) is 3.16. The zero-order valence-electron chi connectivity index (χ0n) is 12.9. The average molecular weight is 397 g/mol. The van der Waals surface area contributed by atoms with Gasteiger partial charge in [-0.25, -0.2) is 13.2 Å². The number of benzene rings is 1. The van der Waals surface area contributed by atoms with Crippen LogP contribution in [0.3, 0.4) is 0 Å². The van der Waals surface area contributed by atoms with Gasteiger partial charge in [-0.15, -0.1) is 0 Å². The fraction of sp³-hybridized carbons (Fsp3) is 0.417. The van der Waals surface area contributed by atoms with Crippen LogP contribution in [0, 0.1) is 0 Å². The standard InChI is InChI=1S/C11H12F3NO2.CHF3O3S/c1-15(2,3)7-4-5-8(10(16)17)9(6-7)11(12,13)14;2-1(3,4)8(5,6)7/h4-6H,1-3H3;(H,5,6,7). The summed E-state index contributed by atoms with van der Waals surface area (Å²) < 4.78 is 97.2. The second kappa shape index (κ2) is 7.17. The maximum absolute atomic E-state index is 12.7. The minimum Gasteiger partial charge on any atom is -0.741 e. The van der Waals surface area contributed by atoms with E-state index in [1.807, 2.05) is 0 Å². The minimum absolute atomic E-state index is 0.184. The molecule has 0 fully saturated rings. The van der Waals surface area contributed by atoms with Gasteiger partial charge in [-0.05, 0) is 12.1 Å². The van der Waals surface area contributed by atoms with Gasteiger partial charge in [0.05, 0.1) is 32.3 Å². The molecule has 0 saturated heterocycles. The minimum atomic E-state index is -6.09. The highest BCUT2D eigenvalue weighted by Gasteiger charge is 2.37. The summed E-state index contributed by atoms with van der Waals surface area (Å²) >= 11 is 0. The van der Waals surface area contributed by atoms with Gasteiger partial charge in [-0.1, -0.05) is 0 Å². The largest absolute Gasteiger partial charge is 0.741 e. The van der Waals surface area contributed by atoms with Crippen LogP contribution in [0.5, 0.6) is 0 Å². The van der Waals surface area contributed by atoms with Crippen LogP contribution in [-0.4, -0.2) is 50.7 Å². The van der Waals surface area contributed by atoms with Crippen LogP contribution in [-0.2, 0) is 16.3 Å². The van der Waals surface area contributed by atoms with Crippen LogP contribution < -0.4 is 4.48 Å². The summed E-state index contributed by atoms with van der Waals surface area (Å²) in [6, 6.07) is 3.26. The van der Waals surface area contributed by atoms with E-state index in [1.54, 1.807) is 21.1 Å². The number of nitrogens with zero attached hydrogens (tertiary/aromatic N) is 1. The molecule has 0 bridgehead atoms. The van der Waals surface area contributed by atoms with Gasteiger partial charge in [0.2, 0.25) is 0 Å². The van der Waals surface area contributed by atoms with Gasteiger partial charge in [0.15, 0.2) is 10.1 Å².